The van der Waals surface area contributed by atoms with Crippen LogP contribution in [0.3, 0.4) is 0 Å². The number of hydrogen-bond acceptors (Lipinski definition) is 3. The molecule has 0 fully saturated rings. The van der Waals surface area contributed by atoms with Gasteiger partial charge in [0, 0.05) is 5.69 Å². The number of rotatable bonds is 3. The van der Waals surface area contributed by atoms with Crippen molar-refractivity contribution in [2.24, 2.45) is 0 Å². The largest absolute Gasteiger partial charge is 0.478 e. The lowest BCUT2D eigenvalue weighted by atomic mass is 10.2. The number of aryl methyl sites for hydroxylation is 1. The number of nitrogens with one attached hydrogen (secondary N) is 1. The van der Waals surface area contributed by atoms with Gasteiger partial charge >= 0.3 is 5.97 Å². The SMILES string of the molecule is Cc1nc(C(=O)Nc2ccc(Cl)c(Cl)c2)ccc1C(=O)O. The predicted molar refractivity (Wildman–Crippen MR) is 80.3 cm³/mol. The molecule has 0 saturated heterocycles. The van der Waals surface area contributed by atoms with Crippen molar-refractivity contribution in [2.45, 2.75) is 6.92 Å². The summed E-state index contributed by atoms with van der Waals surface area (Å²) in [6, 6.07) is 7.37. The fourth-order valence-electron chi connectivity index (χ4n) is 1.68. The normalized spacial score (nSPS) is 10.2. The van der Waals surface area contributed by atoms with Gasteiger partial charge in [0.25, 0.3) is 5.91 Å². The first-order chi connectivity index (χ1) is 9.88. The molecule has 0 aliphatic heterocycles. The van der Waals surface area contributed by atoms with Gasteiger partial charge in [-0.25, -0.2) is 9.78 Å². The maximum Gasteiger partial charge on any atom is 0.337 e. The van der Waals surface area contributed by atoms with E-state index in [-0.39, 0.29) is 17.0 Å². The summed E-state index contributed by atoms with van der Waals surface area (Å²) in [6.45, 7) is 1.53. The van der Waals surface area contributed by atoms with E-state index in [1.165, 1.54) is 25.1 Å². The average Bonchev–Trinajstić information content (AvgIpc) is 2.42. The van der Waals surface area contributed by atoms with Gasteiger partial charge in [-0.1, -0.05) is 23.2 Å². The molecule has 0 unspecified atom stereocenters. The quantitative estimate of drug-likeness (QED) is 0.903. The number of nitrogens with zero attached hydrogens (tertiary/aromatic N) is 1. The minimum absolute atomic E-state index is 0.0566. The van der Waals surface area contributed by atoms with Crippen molar-refractivity contribution in [2.75, 3.05) is 5.32 Å². The van der Waals surface area contributed by atoms with E-state index in [1.807, 2.05) is 0 Å². The molecule has 0 atom stereocenters. The van der Waals surface area contributed by atoms with Crippen LogP contribution in [0.15, 0.2) is 30.3 Å². The number of carboxylic acid groups (broad SMARTS) is 1. The van der Waals surface area contributed by atoms with Crippen LogP contribution in [0.4, 0.5) is 5.69 Å². The van der Waals surface area contributed by atoms with Crippen LogP contribution in [-0.4, -0.2) is 22.0 Å². The van der Waals surface area contributed by atoms with Crippen LogP contribution < -0.4 is 5.32 Å². The standard InChI is InChI=1S/C14H10Cl2N2O3/c1-7-9(14(20)21)3-5-12(17-7)13(19)18-8-2-4-10(15)11(16)6-8/h2-6H,1H3,(H,18,19)(H,20,21). The van der Waals surface area contributed by atoms with Gasteiger partial charge in [0.2, 0.25) is 0 Å². The van der Waals surface area contributed by atoms with Crippen LogP contribution in [0.2, 0.25) is 10.0 Å². The zero-order valence-electron chi connectivity index (χ0n) is 10.9. The lowest BCUT2D eigenvalue weighted by molar-refractivity contribution is 0.0695. The van der Waals surface area contributed by atoms with E-state index in [0.717, 1.165) is 0 Å². The van der Waals surface area contributed by atoms with E-state index in [2.05, 4.69) is 10.3 Å². The Kier molecular flexibility index (Phi) is 4.45. The summed E-state index contributed by atoms with van der Waals surface area (Å²) in [6.07, 6.45) is 0. The van der Waals surface area contributed by atoms with Crippen LogP contribution in [0.5, 0.6) is 0 Å². The first kappa shape index (κ1) is 15.3. The third kappa shape index (κ3) is 3.51. The molecule has 2 rings (SSSR count). The minimum Gasteiger partial charge on any atom is -0.478 e. The van der Waals surface area contributed by atoms with Crippen LogP contribution >= 0.6 is 23.2 Å². The van der Waals surface area contributed by atoms with Gasteiger partial charge in [-0.3, -0.25) is 4.79 Å². The molecule has 21 heavy (non-hydrogen) atoms. The highest BCUT2D eigenvalue weighted by atomic mass is 35.5. The van der Waals surface area contributed by atoms with Crippen molar-refractivity contribution in [1.82, 2.24) is 4.98 Å². The van der Waals surface area contributed by atoms with E-state index < -0.39 is 11.9 Å². The molecule has 0 radical (unpaired) electrons. The number of hydrogen-bond donors (Lipinski definition) is 2. The highest BCUT2D eigenvalue weighted by Crippen LogP contribution is 2.25. The molecule has 7 heteroatoms. The summed E-state index contributed by atoms with van der Waals surface area (Å²) >= 11 is 11.6. The highest BCUT2D eigenvalue weighted by Gasteiger charge is 2.13. The summed E-state index contributed by atoms with van der Waals surface area (Å²) in [5.41, 5.74) is 0.908. The minimum atomic E-state index is -1.09. The van der Waals surface area contributed by atoms with Crippen molar-refractivity contribution in [3.8, 4) is 0 Å². The number of halogens is 2. The summed E-state index contributed by atoms with van der Waals surface area (Å²) in [5.74, 6) is -1.55. The van der Waals surface area contributed by atoms with Crippen LogP contribution in [0.25, 0.3) is 0 Å². The van der Waals surface area contributed by atoms with Gasteiger partial charge in [0.1, 0.15) is 5.69 Å². The molecule has 2 N–H and O–H groups in total. The smallest absolute Gasteiger partial charge is 0.337 e. The highest BCUT2D eigenvalue weighted by molar-refractivity contribution is 6.42. The van der Waals surface area contributed by atoms with Crippen molar-refractivity contribution in [3.05, 3.63) is 57.3 Å². The predicted octanol–water partition coefficient (Wildman–Crippen LogP) is 3.65. The maximum absolute atomic E-state index is 12.0. The van der Waals surface area contributed by atoms with Gasteiger partial charge in [0.15, 0.2) is 0 Å². The molecular formula is C14H10Cl2N2O3. The van der Waals surface area contributed by atoms with Gasteiger partial charge < -0.3 is 10.4 Å². The number of carboxylic acids is 1. The molecule has 1 amide bonds. The molecule has 0 bridgehead atoms. The molecule has 1 aromatic heterocycles. The molecule has 108 valence electrons. The van der Waals surface area contributed by atoms with Crippen molar-refractivity contribution < 1.29 is 14.7 Å². The van der Waals surface area contributed by atoms with Gasteiger partial charge in [0.05, 0.1) is 21.3 Å². The average molecular weight is 325 g/mol. The molecule has 1 heterocycles. The van der Waals surface area contributed by atoms with E-state index in [9.17, 15) is 9.59 Å². The summed E-state index contributed by atoms with van der Waals surface area (Å²) in [4.78, 5) is 26.9. The van der Waals surface area contributed by atoms with E-state index in [1.54, 1.807) is 12.1 Å². The Balaban J connectivity index is 2.22. The molecule has 0 aliphatic rings. The Labute approximate surface area is 130 Å². The third-order valence-corrected chi connectivity index (χ3v) is 3.47. The second kappa shape index (κ2) is 6.11. The number of pyridine rings is 1. The number of benzene rings is 1. The molecule has 1 aromatic carbocycles. The van der Waals surface area contributed by atoms with E-state index >= 15 is 0 Å². The lowest BCUT2D eigenvalue weighted by Gasteiger charge is -2.07. The first-order valence-electron chi connectivity index (χ1n) is 5.86. The van der Waals surface area contributed by atoms with Crippen LogP contribution in [0.1, 0.15) is 26.5 Å². The first-order valence-corrected chi connectivity index (χ1v) is 6.61. The second-order valence-corrected chi connectivity index (χ2v) is 5.03. The fraction of sp³-hybridized carbons (Fsp3) is 0.0714. The molecule has 0 spiro atoms. The topological polar surface area (TPSA) is 79.3 Å². The fourth-order valence-corrected chi connectivity index (χ4v) is 1.98. The number of carbonyl (C=O) groups excluding carboxylic acids is 1. The monoisotopic (exact) mass is 324 g/mol. The van der Waals surface area contributed by atoms with Crippen LogP contribution in [0, 0.1) is 6.92 Å². The van der Waals surface area contributed by atoms with Gasteiger partial charge in [-0.15, -0.1) is 0 Å². The number of amides is 1. The Bertz CT molecular complexity index is 732. The van der Waals surface area contributed by atoms with Crippen molar-refractivity contribution in [3.63, 3.8) is 0 Å². The molecule has 2 aromatic rings. The molecule has 0 saturated carbocycles. The molecule has 0 aliphatic carbocycles. The Morgan fingerprint density at radius 1 is 1.14 bits per heavy atom. The summed E-state index contributed by atoms with van der Waals surface area (Å²) in [5, 5.41) is 12.2. The number of anilines is 1. The van der Waals surface area contributed by atoms with Crippen molar-refractivity contribution in [1.29, 1.82) is 0 Å². The number of aromatic carboxylic acids is 1. The maximum atomic E-state index is 12.0. The molecular weight excluding hydrogens is 315 g/mol. The zero-order valence-corrected chi connectivity index (χ0v) is 12.4. The second-order valence-electron chi connectivity index (χ2n) is 4.22. The Morgan fingerprint density at radius 2 is 1.86 bits per heavy atom. The summed E-state index contributed by atoms with van der Waals surface area (Å²) in [7, 11) is 0. The van der Waals surface area contributed by atoms with E-state index in [0.29, 0.717) is 15.7 Å². The third-order valence-electron chi connectivity index (χ3n) is 2.73. The molecule has 5 nitrogen and oxygen atoms in total. The van der Waals surface area contributed by atoms with Crippen LogP contribution in [-0.2, 0) is 0 Å². The Hall–Kier alpha value is -2.11. The Morgan fingerprint density at radius 3 is 2.43 bits per heavy atom. The van der Waals surface area contributed by atoms with Gasteiger partial charge in [-0.05, 0) is 37.3 Å². The van der Waals surface area contributed by atoms with Crippen molar-refractivity contribution >= 4 is 40.8 Å². The van der Waals surface area contributed by atoms with E-state index in [4.69, 9.17) is 28.3 Å². The number of carbonyl (C=O) groups is 2. The summed E-state index contributed by atoms with van der Waals surface area (Å²) < 4.78 is 0. The lowest BCUT2D eigenvalue weighted by Crippen LogP contribution is -2.15. The van der Waals surface area contributed by atoms with Gasteiger partial charge in [-0.2, -0.15) is 0 Å². The number of aromatic nitrogens is 1. The zero-order chi connectivity index (χ0) is 15.6.